The number of amides is 1. The molecule has 2 aromatic rings. The number of carbonyl (C=O) groups excluding carboxylic acids is 1. The molecular formula is C13H12N2O3. The van der Waals surface area contributed by atoms with Gasteiger partial charge in [0.05, 0.1) is 0 Å². The van der Waals surface area contributed by atoms with E-state index in [0.29, 0.717) is 11.3 Å². The van der Waals surface area contributed by atoms with Crippen LogP contribution in [0.5, 0.6) is 17.4 Å². The van der Waals surface area contributed by atoms with E-state index >= 15 is 0 Å². The summed E-state index contributed by atoms with van der Waals surface area (Å²) in [6, 6.07) is 7.79. The smallest absolute Gasteiger partial charge is 0.254 e. The van der Waals surface area contributed by atoms with Crippen LogP contribution >= 0.6 is 0 Å². The largest absolute Gasteiger partial charge is 0.508 e. The Labute approximate surface area is 104 Å². The highest BCUT2D eigenvalue weighted by Gasteiger charge is 2.14. The number of carbonyl (C=O) groups is 1. The van der Waals surface area contributed by atoms with Gasteiger partial charge >= 0.3 is 0 Å². The Bertz CT molecular complexity index is 579. The maximum atomic E-state index is 11.3. The van der Waals surface area contributed by atoms with Crippen molar-refractivity contribution >= 4 is 5.91 Å². The summed E-state index contributed by atoms with van der Waals surface area (Å²) in [5, 5.41) is 9.16. The van der Waals surface area contributed by atoms with E-state index < -0.39 is 5.91 Å². The lowest BCUT2D eigenvalue weighted by atomic mass is 10.1. The molecule has 0 spiro atoms. The number of aromatic hydroxyl groups is 1. The maximum Gasteiger partial charge on any atom is 0.254 e. The number of pyridine rings is 1. The number of phenols is 1. The molecule has 18 heavy (non-hydrogen) atoms. The predicted octanol–water partition coefficient (Wildman–Crippen LogP) is 1.99. The number of benzene rings is 1. The van der Waals surface area contributed by atoms with Crippen molar-refractivity contribution in [1.82, 2.24) is 4.98 Å². The molecule has 1 heterocycles. The fourth-order valence-electron chi connectivity index (χ4n) is 1.54. The summed E-state index contributed by atoms with van der Waals surface area (Å²) in [5.74, 6) is 0.172. The van der Waals surface area contributed by atoms with Gasteiger partial charge in [0, 0.05) is 6.20 Å². The van der Waals surface area contributed by atoms with E-state index in [4.69, 9.17) is 15.6 Å². The number of ether oxygens (including phenoxy) is 1. The van der Waals surface area contributed by atoms with Gasteiger partial charge in [0.25, 0.3) is 5.91 Å². The third kappa shape index (κ3) is 2.40. The van der Waals surface area contributed by atoms with Gasteiger partial charge in [-0.3, -0.25) is 4.79 Å². The normalized spacial score (nSPS) is 10.1. The predicted molar refractivity (Wildman–Crippen MR) is 65.7 cm³/mol. The van der Waals surface area contributed by atoms with Crippen molar-refractivity contribution in [3.8, 4) is 17.4 Å². The highest BCUT2D eigenvalue weighted by Crippen LogP contribution is 2.26. The first-order chi connectivity index (χ1) is 8.58. The molecule has 0 radical (unpaired) electrons. The Kier molecular flexibility index (Phi) is 3.14. The summed E-state index contributed by atoms with van der Waals surface area (Å²) in [4.78, 5) is 15.3. The Morgan fingerprint density at radius 1 is 1.28 bits per heavy atom. The van der Waals surface area contributed by atoms with E-state index in [1.807, 2.05) is 0 Å². The molecule has 0 aliphatic heterocycles. The average molecular weight is 244 g/mol. The fourth-order valence-corrected chi connectivity index (χ4v) is 1.54. The molecule has 1 amide bonds. The number of aromatic nitrogens is 1. The summed E-state index contributed by atoms with van der Waals surface area (Å²) in [5.41, 5.74) is 6.25. The molecule has 1 aromatic carbocycles. The Morgan fingerprint density at radius 2 is 1.94 bits per heavy atom. The molecule has 1 aromatic heterocycles. The summed E-state index contributed by atoms with van der Waals surface area (Å²) < 4.78 is 5.48. The second kappa shape index (κ2) is 4.75. The van der Waals surface area contributed by atoms with E-state index in [2.05, 4.69) is 4.98 Å². The van der Waals surface area contributed by atoms with Gasteiger partial charge in [-0.05, 0) is 42.8 Å². The van der Waals surface area contributed by atoms with Crippen LogP contribution < -0.4 is 10.5 Å². The first-order valence-electron chi connectivity index (χ1n) is 5.30. The number of hydrogen-bond acceptors (Lipinski definition) is 4. The first kappa shape index (κ1) is 11.9. The number of primary amides is 1. The third-order valence-corrected chi connectivity index (χ3v) is 2.42. The number of phenolic OH excluding ortho intramolecular Hbond substituents is 1. The lowest BCUT2D eigenvalue weighted by Gasteiger charge is -2.09. The standard InChI is InChI=1S/C13H12N2O3/c1-8-6-7-15-13(11(8)12(14)17)18-10-4-2-9(16)3-5-10/h2-7,16H,1H3,(H2,14,17). The first-order valence-corrected chi connectivity index (χ1v) is 5.30. The maximum absolute atomic E-state index is 11.3. The molecule has 0 fully saturated rings. The van der Waals surface area contributed by atoms with Crippen LogP contribution in [0.3, 0.4) is 0 Å². The highest BCUT2D eigenvalue weighted by molar-refractivity contribution is 5.96. The minimum Gasteiger partial charge on any atom is -0.508 e. The number of hydrogen-bond donors (Lipinski definition) is 2. The number of nitrogens with two attached hydrogens (primary N) is 1. The van der Waals surface area contributed by atoms with E-state index in [9.17, 15) is 4.79 Å². The van der Waals surface area contributed by atoms with Crippen molar-refractivity contribution in [2.75, 3.05) is 0 Å². The summed E-state index contributed by atoms with van der Waals surface area (Å²) in [7, 11) is 0. The molecule has 0 aliphatic rings. The van der Waals surface area contributed by atoms with Crippen molar-refractivity contribution in [1.29, 1.82) is 0 Å². The van der Waals surface area contributed by atoms with Gasteiger partial charge in [-0.2, -0.15) is 0 Å². The Hall–Kier alpha value is -2.56. The minimum absolute atomic E-state index is 0.134. The molecule has 3 N–H and O–H groups in total. The number of rotatable bonds is 3. The monoisotopic (exact) mass is 244 g/mol. The van der Waals surface area contributed by atoms with Crippen molar-refractivity contribution in [3.05, 3.63) is 47.7 Å². The molecule has 5 heteroatoms. The zero-order chi connectivity index (χ0) is 13.1. The van der Waals surface area contributed by atoms with Gasteiger partial charge in [0.15, 0.2) is 0 Å². The molecule has 5 nitrogen and oxygen atoms in total. The van der Waals surface area contributed by atoms with Crippen molar-refractivity contribution in [2.45, 2.75) is 6.92 Å². The van der Waals surface area contributed by atoms with Crippen molar-refractivity contribution in [2.24, 2.45) is 5.73 Å². The van der Waals surface area contributed by atoms with Crippen molar-refractivity contribution in [3.63, 3.8) is 0 Å². The topological polar surface area (TPSA) is 85.4 Å². The lowest BCUT2D eigenvalue weighted by Crippen LogP contribution is -2.14. The Balaban J connectivity index is 2.37. The van der Waals surface area contributed by atoms with Crippen LogP contribution in [0.25, 0.3) is 0 Å². The lowest BCUT2D eigenvalue weighted by molar-refractivity contribution is 0.0997. The highest BCUT2D eigenvalue weighted by atomic mass is 16.5. The molecule has 2 rings (SSSR count). The Morgan fingerprint density at radius 3 is 2.56 bits per heavy atom. The van der Waals surface area contributed by atoms with E-state index in [-0.39, 0.29) is 17.2 Å². The van der Waals surface area contributed by atoms with Crippen LogP contribution in [0, 0.1) is 6.92 Å². The molecule has 92 valence electrons. The second-order valence-corrected chi connectivity index (χ2v) is 3.77. The zero-order valence-electron chi connectivity index (χ0n) is 9.75. The average Bonchev–Trinajstić information content (AvgIpc) is 2.32. The van der Waals surface area contributed by atoms with Crippen LogP contribution in [-0.2, 0) is 0 Å². The molecule has 0 atom stereocenters. The zero-order valence-corrected chi connectivity index (χ0v) is 9.75. The van der Waals surface area contributed by atoms with Gasteiger partial charge in [-0.1, -0.05) is 0 Å². The van der Waals surface area contributed by atoms with Crippen LogP contribution in [0.1, 0.15) is 15.9 Å². The van der Waals surface area contributed by atoms with Gasteiger partial charge in [0.1, 0.15) is 17.1 Å². The van der Waals surface area contributed by atoms with Crippen LogP contribution in [-0.4, -0.2) is 16.0 Å². The number of aryl methyl sites for hydroxylation is 1. The molecule has 0 bridgehead atoms. The van der Waals surface area contributed by atoms with Gasteiger partial charge < -0.3 is 15.6 Å². The van der Waals surface area contributed by atoms with Crippen LogP contribution in [0.15, 0.2) is 36.5 Å². The third-order valence-electron chi connectivity index (χ3n) is 2.42. The van der Waals surface area contributed by atoms with Crippen molar-refractivity contribution < 1.29 is 14.6 Å². The molecule has 0 saturated carbocycles. The summed E-state index contributed by atoms with van der Waals surface area (Å²) >= 11 is 0. The fraction of sp³-hybridized carbons (Fsp3) is 0.0769. The summed E-state index contributed by atoms with van der Waals surface area (Å²) in [6.07, 6.45) is 1.54. The quantitative estimate of drug-likeness (QED) is 0.864. The molecular weight excluding hydrogens is 232 g/mol. The van der Waals surface area contributed by atoms with Gasteiger partial charge in [0.2, 0.25) is 5.88 Å². The molecule has 0 unspecified atom stereocenters. The second-order valence-electron chi connectivity index (χ2n) is 3.77. The van der Waals surface area contributed by atoms with Gasteiger partial charge in [-0.15, -0.1) is 0 Å². The van der Waals surface area contributed by atoms with Gasteiger partial charge in [-0.25, -0.2) is 4.98 Å². The van der Waals surface area contributed by atoms with E-state index in [1.54, 1.807) is 25.1 Å². The van der Waals surface area contributed by atoms with E-state index in [1.165, 1.54) is 18.3 Å². The molecule has 0 aliphatic carbocycles. The number of nitrogens with zero attached hydrogens (tertiary/aromatic N) is 1. The summed E-state index contributed by atoms with van der Waals surface area (Å²) in [6.45, 7) is 1.76. The molecule has 0 saturated heterocycles. The SMILES string of the molecule is Cc1ccnc(Oc2ccc(O)cc2)c1C(N)=O. The minimum atomic E-state index is -0.589. The van der Waals surface area contributed by atoms with Crippen LogP contribution in [0.2, 0.25) is 0 Å². The van der Waals surface area contributed by atoms with E-state index in [0.717, 1.165) is 0 Å². The van der Waals surface area contributed by atoms with Crippen LogP contribution in [0.4, 0.5) is 0 Å².